The standard InChI is InChI=1S/C23H37N7O/c1-17(30(6)18-11-9-8-10-12-18)26-23(25-2)27-20-15-19(24)21(16-22(20)31-7)29(5)14-13-28(3)4/h8-12,15-17H,13-14,24H2,1-7H3,(H2,25,26,27). The number of hydrogen-bond donors (Lipinski definition) is 3. The van der Waals surface area contributed by atoms with Gasteiger partial charge < -0.3 is 35.8 Å². The molecule has 1 atom stereocenters. The Kier molecular flexibility index (Phi) is 8.81. The molecule has 0 heterocycles. The van der Waals surface area contributed by atoms with Gasteiger partial charge in [-0.3, -0.25) is 4.99 Å². The number of likely N-dealkylation sites (N-methyl/N-ethyl adjacent to an activating group) is 2. The highest BCUT2D eigenvalue weighted by Crippen LogP contribution is 2.35. The second-order valence-electron chi connectivity index (χ2n) is 7.80. The molecule has 0 bridgehead atoms. The van der Waals surface area contributed by atoms with Crippen LogP contribution < -0.4 is 30.9 Å². The monoisotopic (exact) mass is 427 g/mol. The normalized spacial score (nSPS) is 12.5. The molecular weight excluding hydrogens is 390 g/mol. The Morgan fingerprint density at radius 2 is 1.77 bits per heavy atom. The first-order valence-corrected chi connectivity index (χ1v) is 10.4. The molecule has 0 aliphatic carbocycles. The summed E-state index contributed by atoms with van der Waals surface area (Å²) in [7, 11) is 11.6. The molecule has 1 unspecified atom stereocenters. The molecule has 2 aromatic rings. The number of rotatable bonds is 9. The van der Waals surface area contributed by atoms with Crippen molar-refractivity contribution in [1.29, 1.82) is 0 Å². The van der Waals surface area contributed by atoms with Crippen molar-refractivity contribution < 1.29 is 4.74 Å². The molecule has 0 aliphatic rings. The third-order valence-corrected chi connectivity index (χ3v) is 5.21. The van der Waals surface area contributed by atoms with Crippen molar-refractivity contribution in [2.75, 3.05) is 76.3 Å². The number of nitrogens with two attached hydrogens (primary N) is 1. The van der Waals surface area contributed by atoms with E-state index in [9.17, 15) is 0 Å². The van der Waals surface area contributed by atoms with Gasteiger partial charge in [-0.1, -0.05) is 18.2 Å². The first-order chi connectivity index (χ1) is 14.8. The van der Waals surface area contributed by atoms with E-state index in [0.29, 0.717) is 17.4 Å². The Bertz CT molecular complexity index is 855. The molecule has 2 rings (SSSR count). The molecule has 31 heavy (non-hydrogen) atoms. The van der Waals surface area contributed by atoms with Gasteiger partial charge in [0.25, 0.3) is 0 Å². The zero-order valence-corrected chi connectivity index (χ0v) is 19.8. The molecule has 0 spiro atoms. The highest BCUT2D eigenvalue weighted by molar-refractivity contribution is 5.96. The van der Waals surface area contributed by atoms with Gasteiger partial charge in [0.1, 0.15) is 5.75 Å². The van der Waals surface area contributed by atoms with Gasteiger partial charge in [0, 0.05) is 46.0 Å². The molecule has 0 radical (unpaired) electrons. The second-order valence-corrected chi connectivity index (χ2v) is 7.80. The summed E-state index contributed by atoms with van der Waals surface area (Å²) in [6, 6.07) is 14.0. The molecule has 0 saturated heterocycles. The van der Waals surface area contributed by atoms with Crippen molar-refractivity contribution in [3.63, 3.8) is 0 Å². The summed E-state index contributed by atoms with van der Waals surface area (Å²) in [5, 5.41) is 6.73. The lowest BCUT2D eigenvalue weighted by molar-refractivity contribution is 0.413. The van der Waals surface area contributed by atoms with Gasteiger partial charge in [-0.25, -0.2) is 0 Å². The van der Waals surface area contributed by atoms with E-state index in [1.807, 2.05) is 44.4 Å². The number of nitrogen functional groups attached to an aromatic ring is 1. The Balaban J connectivity index is 2.15. The third-order valence-electron chi connectivity index (χ3n) is 5.21. The maximum absolute atomic E-state index is 6.38. The summed E-state index contributed by atoms with van der Waals surface area (Å²) in [4.78, 5) is 10.8. The first-order valence-electron chi connectivity index (χ1n) is 10.4. The molecule has 0 amide bonds. The number of methoxy groups -OCH3 is 1. The SMILES string of the molecule is CN=C(Nc1cc(N)c(N(C)CCN(C)C)cc1OC)NC(C)N(C)c1ccccc1. The molecule has 2 aromatic carbocycles. The lowest BCUT2D eigenvalue weighted by atomic mass is 10.2. The number of anilines is 4. The van der Waals surface area contributed by atoms with E-state index in [-0.39, 0.29) is 6.17 Å². The second kappa shape index (κ2) is 11.3. The summed E-state index contributed by atoms with van der Waals surface area (Å²) in [6.45, 7) is 3.87. The fourth-order valence-electron chi connectivity index (χ4n) is 3.12. The molecule has 0 fully saturated rings. The van der Waals surface area contributed by atoms with E-state index >= 15 is 0 Å². The molecule has 4 N–H and O–H groups in total. The molecule has 8 heteroatoms. The van der Waals surface area contributed by atoms with E-state index in [2.05, 4.69) is 63.5 Å². The average Bonchev–Trinajstić information content (AvgIpc) is 2.77. The number of hydrogen-bond acceptors (Lipinski definition) is 6. The van der Waals surface area contributed by atoms with Crippen LogP contribution in [-0.4, -0.2) is 72.5 Å². The number of guanidine groups is 1. The van der Waals surface area contributed by atoms with Crippen LogP contribution in [0.5, 0.6) is 5.75 Å². The zero-order valence-electron chi connectivity index (χ0n) is 19.8. The first kappa shape index (κ1) is 24.1. The number of para-hydroxylation sites is 1. The minimum atomic E-state index is 0.00776. The lowest BCUT2D eigenvalue weighted by Crippen LogP contribution is -2.47. The molecule has 0 saturated carbocycles. The fraction of sp³-hybridized carbons (Fsp3) is 0.435. The van der Waals surface area contributed by atoms with Crippen LogP contribution >= 0.6 is 0 Å². The molecule has 0 aromatic heterocycles. The highest BCUT2D eigenvalue weighted by atomic mass is 16.5. The Labute approximate surface area is 186 Å². The summed E-state index contributed by atoms with van der Waals surface area (Å²) in [6.07, 6.45) is 0.00776. The van der Waals surface area contributed by atoms with Crippen molar-refractivity contribution in [2.24, 2.45) is 4.99 Å². The minimum Gasteiger partial charge on any atom is -0.494 e. The average molecular weight is 428 g/mol. The van der Waals surface area contributed by atoms with Gasteiger partial charge in [0.05, 0.1) is 30.3 Å². The van der Waals surface area contributed by atoms with Gasteiger partial charge in [-0.15, -0.1) is 0 Å². The smallest absolute Gasteiger partial charge is 0.197 e. The van der Waals surface area contributed by atoms with Crippen LogP contribution in [-0.2, 0) is 0 Å². The Hall–Kier alpha value is -3.13. The van der Waals surface area contributed by atoms with Crippen LogP contribution in [0.15, 0.2) is 47.5 Å². The summed E-state index contributed by atoms with van der Waals surface area (Å²) in [5.41, 5.74) is 9.86. The van der Waals surface area contributed by atoms with Crippen molar-refractivity contribution in [2.45, 2.75) is 13.1 Å². The Morgan fingerprint density at radius 3 is 2.35 bits per heavy atom. The molecule has 170 valence electrons. The maximum atomic E-state index is 6.38. The zero-order chi connectivity index (χ0) is 23.0. The third kappa shape index (κ3) is 6.68. The quantitative estimate of drug-likeness (QED) is 0.246. The van der Waals surface area contributed by atoms with Crippen LogP contribution in [0.2, 0.25) is 0 Å². The lowest BCUT2D eigenvalue weighted by Gasteiger charge is -2.29. The van der Waals surface area contributed by atoms with Gasteiger partial charge >= 0.3 is 0 Å². The van der Waals surface area contributed by atoms with E-state index in [4.69, 9.17) is 10.5 Å². The summed E-state index contributed by atoms with van der Waals surface area (Å²) >= 11 is 0. The van der Waals surface area contributed by atoms with E-state index < -0.39 is 0 Å². The largest absolute Gasteiger partial charge is 0.494 e. The van der Waals surface area contributed by atoms with E-state index in [1.165, 1.54) is 0 Å². The van der Waals surface area contributed by atoms with Crippen LogP contribution in [0, 0.1) is 0 Å². The maximum Gasteiger partial charge on any atom is 0.197 e. The topological polar surface area (TPSA) is 81.4 Å². The van der Waals surface area contributed by atoms with E-state index in [1.54, 1.807) is 14.2 Å². The summed E-state index contributed by atoms with van der Waals surface area (Å²) in [5.74, 6) is 1.33. The van der Waals surface area contributed by atoms with Crippen molar-refractivity contribution in [3.05, 3.63) is 42.5 Å². The predicted molar refractivity (Wildman–Crippen MR) is 134 cm³/mol. The van der Waals surface area contributed by atoms with Crippen LogP contribution in [0.4, 0.5) is 22.7 Å². The number of nitrogens with zero attached hydrogens (tertiary/aromatic N) is 4. The Morgan fingerprint density at radius 1 is 1.10 bits per heavy atom. The van der Waals surface area contributed by atoms with Gasteiger partial charge in [-0.2, -0.15) is 0 Å². The van der Waals surface area contributed by atoms with Crippen molar-refractivity contribution in [1.82, 2.24) is 10.2 Å². The van der Waals surface area contributed by atoms with E-state index in [0.717, 1.165) is 30.2 Å². The molecule has 0 aliphatic heterocycles. The number of ether oxygens (including phenoxy) is 1. The summed E-state index contributed by atoms with van der Waals surface area (Å²) < 4.78 is 5.64. The number of aliphatic imine (C=N–C) groups is 1. The van der Waals surface area contributed by atoms with Crippen molar-refractivity contribution >= 4 is 28.7 Å². The number of benzene rings is 2. The molecule has 8 nitrogen and oxygen atoms in total. The number of nitrogens with one attached hydrogen (secondary N) is 2. The van der Waals surface area contributed by atoms with Gasteiger partial charge in [0.2, 0.25) is 0 Å². The van der Waals surface area contributed by atoms with Gasteiger partial charge in [0.15, 0.2) is 5.96 Å². The minimum absolute atomic E-state index is 0.00776. The fourth-order valence-corrected chi connectivity index (χ4v) is 3.12. The van der Waals surface area contributed by atoms with Crippen molar-refractivity contribution in [3.8, 4) is 5.75 Å². The van der Waals surface area contributed by atoms with Crippen LogP contribution in [0.25, 0.3) is 0 Å². The van der Waals surface area contributed by atoms with Gasteiger partial charge in [-0.05, 0) is 39.2 Å². The predicted octanol–water partition coefficient (Wildman–Crippen LogP) is 2.74. The highest BCUT2D eigenvalue weighted by Gasteiger charge is 2.16. The van der Waals surface area contributed by atoms with Crippen LogP contribution in [0.3, 0.4) is 0 Å². The van der Waals surface area contributed by atoms with Crippen LogP contribution in [0.1, 0.15) is 6.92 Å². The molecular formula is C23H37N7O.